The lowest BCUT2D eigenvalue weighted by atomic mass is 9.89. The summed E-state index contributed by atoms with van der Waals surface area (Å²) in [6.45, 7) is 3.79. The highest BCUT2D eigenvalue weighted by Crippen LogP contribution is 2.36. The number of hydrogen-bond acceptors (Lipinski definition) is 2. The van der Waals surface area contributed by atoms with Crippen molar-refractivity contribution in [2.24, 2.45) is 5.92 Å². The third kappa shape index (κ3) is 3.57. The number of alkyl halides is 3. The van der Waals surface area contributed by atoms with Crippen LogP contribution in [0.15, 0.2) is 18.2 Å². The second kappa shape index (κ2) is 6.49. The van der Waals surface area contributed by atoms with Gasteiger partial charge in [0, 0.05) is 18.8 Å². The van der Waals surface area contributed by atoms with Crippen LogP contribution in [0.4, 0.5) is 18.9 Å². The van der Waals surface area contributed by atoms with Gasteiger partial charge in [0.2, 0.25) is 0 Å². The van der Waals surface area contributed by atoms with Crippen LogP contribution < -0.4 is 10.2 Å². The van der Waals surface area contributed by atoms with Crippen molar-refractivity contribution in [1.82, 2.24) is 5.32 Å². The van der Waals surface area contributed by atoms with Crippen molar-refractivity contribution >= 4 is 5.69 Å². The van der Waals surface area contributed by atoms with Crippen molar-refractivity contribution in [2.75, 3.05) is 31.1 Å². The fourth-order valence-electron chi connectivity index (χ4n) is 3.56. The summed E-state index contributed by atoms with van der Waals surface area (Å²) in [6, 6.07) is 4.32. The lowest BCUT2D eigenvalue weighted by molar-refractivity contribution is -0.137. The van der Waals surface area contributed by atoms with Gasteiger partial charge in [0.1, 0.15) is 0 Å². The van der Waals surface area contributed by atoms with Crippen molar-refractivity contribution in [3.05, 3.63) is 29.3 Å². The Hall–Kier alpha value is -1.23. The summed E-state index contributed by atoms with van der Waals surface area (Å²) < 4.78 is 39.1. The largest absolute Gasteiger partial charge is 0.416 e. The predicted molar refractivity (Wildman–Crippen MR) is 82.2 cm³/mol. The number of hydrogen-bond donors (Lipinski definition) is 1. The normalized spacial score (nSPS) is 20.6. The van der Waals surface area contributed by atoms with Gasteiger partial charge in [-0.25, -0.2) is 0 Å². The number of nitrogens with one attached hydrogen (secondary N) is 1. The molecule has 1 N–H and O–H groups in total. The average Bonchev–Trinajstić information content (AvgIpc) is 3.01. The lowest BCUT2D eigenvalue weighted by Crippen LogP contribution is -2.29. The van der Waals surface area contributed by atoms with Gasteiger partial charge in [-0.15, -0.1) is 0 Å². The number of benzene rings is 1. The van der Waals surface area contributed by atoms with Gasteiger partial charge >= 0.3 is 6.18 Å². The Balaban J connectivity index is 1.86. The van der Waals surface area contributed by atoms with Crippen molar-refractivity contribution in [2.45, 2.75) is 38.3 Å². The first-order valence-corrected chi connectivity index (χ1v) is 8.20. The van der Waals surface area contributed by atoms with Crippen LogP contribution in [-0.2, 0) is 12.6 Å². The van der Waals surface area contributed by atoms with E-state index in [0.717, 1.165) is 69.5 Å². The third-order valence-corrected chi connectivity index (χ3v) is 4.83. The van der Waals surface area contributed by atoms with Crippen molar-refractivity contribution in [3.63, 3.8) is 0 Å². The Kier molecular flexibility index (Phi) is 4.62. The Bertz CT molecular complexity index is 501. The summed E-state index contributed by atoms with van der Waals surface area (Å²) in [4.78, 5) is 2.13. The van der Waals surface area contributed by atoms with Crippen LogP contribution in [0.5, 0.6) is 0 Å². The van der Waals surface area contributed by atoms with Gasteiger partial charge in [0.15, 0.2) is 0 Å². The Morgan fingerprint density at radius 2 is 1.77 bits per heavy atom. The molecule has 0 amide bonds. The zero-order valence-electron chi connectivity index (χ0n) is 12.8. The number of halogens is 3. The molecular weight excluding hydrogens is 289 g/mol. The van der Waals surface area contributed by atoms with Crippen LogP contribution >= 0.6 is 0 Å². The molecule has 0 aromatic heterocycles. The first kappa shape index (κ1) is 15.7. The lowest BCUT2D eigenvalue weighted by Gasteiger charge is -2.27. The number of nitrogens with zero attached hydrogens (tertiary/aromatic N) is 1. The van der Waals surface area contributed by atoms with E-state index in [2.05, 4.69) is 10.2 Å². The molecule has 1 aromatic carbocycles. The molecule has 0 aliphatic carbocycles. The Morgan fingerprint density at radius 3 is 2.41 bits per heavy atom. The first-order chi connectivity index (χ1) is 10.5. The molecule has 122 valence electrons. The SMILES string of the molecule is FC(F)(F)c1ccc(CC2CCNCC2)c(N2CCCC2)c1. The minimum absolute atomic E-state index is 0.525. The maximum atomic E-state index is 13.0. The van der Waals surface area contributed by atoms with Gasteiger partial charge in [-0.05, 0) is 68.8 Å². The smallest absolute Gasteiger partial charge is 0.371 e. The van der Waals surface area contributed by atoms with E-state index in [1.807, 2.05) is 0 Å². The van der Waals surface area contributed by atoms with E-state index in [0.29, 0.717) is 5.92 Å². The van der Waals surface area contributed by atoms with Gasteiger partial charge in [0.05, 0.1) is 5.56 Å². The molecule has 2 fully saturated rings. The molecule has 2 aliphatic rings. The molecule has 2 heterocycles. The minimum Gasteiger partial charge on any atom is -0.371 e. The van der Waals surface area contributed by atoms with Gasteiger partial charge in [-0.3, -0.25) is 0 Å². The Morgan fingerprint density at radius 1 is 1.09 bits per heavy atom. The molecule has 2 saturated heterocycles. The van der Waals surface area contributed by atoms with Crippen LogP contribution in [-0.4, -0.2) is 26.2 Å². The van der Waals surface area contributed by atoms with Crippen LogP contribution in [0, 0.1) is 5.92 Å². The highest BCUT2D eigenvalue weighted by atomic mass is 19.4. The molecule has 3 rings (SSSR count). The fourth-order valence-corrected chi connectivity index (χ4v) is 3.56. The topological polar surface area (TPSA) is 15.3 Å². The first-order valence-electron chi connectivity index (χ1n) is 8.20. The molecule has 22 heavy (non-hydrogen) atoms. The summed E-state index contributed by atoms with van der Waals surface area (Å²) in [5.41, 5.74) is 1.37. The van der Waals surface area contributed by atoms with E-state index >= 15 is 0 Å². The Labute approximate surface area is 129 Å². The van der Waals surface area contributed by atoms with Gasteiger partial charge in [0.25, 0.3) is 0 Å². The fraction of sp³-hybridized carbons (Fsp3) is 0.647. The van der Waals surface area contributed by atoms with E-state index < -0.39 is 11.7 Å². The molecule has 1 aromatic rings. The average molecular weight is 312 g/mol. The highest BCUT2D eigenvalue weighted by molar-refractivity contribution is 5.57. The number of rotatable bonds is 3. The third-order valence-electron chi connectivity index (χ3n) is 4.83. The zero-order valence-corrected chi connectivity index (χ0v) is 12.8. The maximum absolute atomic E-state index is 13.0. The maximum Gasteiger partial charge on any atom is 0.416 e. The number of piperidine rings is 1. The van der Waals surface area contributed by atoms with E-state index in [1.165, 1.54) is 12.1 Å². The van der Waals surface area contributed by atoms with E-state index in [1.54, 1.807) is 6.07 Å². The van der Waals surface area contributed by atoms with Crippen LogP contribution in [0.2, 0.25) is 0 Å². The predicted octanol–water partition coefficient (Wildman–Crippen LogP) is 3.85. The van der Waals surface area contributed by atoms with E-state index in [9.17, 15) is 13.2 Å². The molecule has 0 atom stereocenters. The molecule has 5 heteroatoms. The van der Waals surface area contributed by atoms with Crippen molar-refractivity contribution in [1.29, 1.82) is 0 Å². The van der Waals surface area contributed by atoms with Crippen LogP contribution in [0.1, 0.15) is 36.8 Å². The molecule has 0 spiro atoms. The molecule has 0 bridgehead atoms. The zero-order chi connectivity index (χ0) is 15.6. The van der Waals surface area contributed by atoms with E-state index in [4.69, 9.17) is 0 Å². The van der Waals surface area contributed by atoms with Crippen molar-refractivity contribution < 1.29 is 13.2 Å². The van der Waals surface area contributed by atoms with Crippen LogP contribution in [0.3, 0.4) is 0 Å². The number of anilines is 1. The molecule has 0 unspecified atom stereocenters. The summed E-state index contributed by atoms with van der Waals surface area (Å²) in [5, 5.41) is 3.34. The molecular formula is C17H23F3N2. The highest BCUT2D eigenvalue weighted by Gasteiger charge is 2.32. The standard InChI is InChI=1S/C17H23F3N2/c18-17(19,20)15-4-3-14(11-13-5-7-21-8-6-13)16(12-15)22-9-1-2-10-22/h3-4,12-13,21H,1-2,5-11H2. The second-order valence-corrected chi connectivity index (χ2v) is 6.43. The van der Waals surface area contributed by atoms with Gasteiger partial charge < -0.3 is 10.2 Å². The molecule has 0 radical (unpaired) electrons. The molecule has 2 aliphatic heterocycles. The minimum atomic E-state index is -4.26. The van der Waals surface area contributed by atoms with Crippen LogP contribution in [0.25, 0.3) is 0 Å². The summed E-state index contributed by atoms with van der Waals surface area (Å²) in [6.07, 6.45) is 1.00. The monoisotopic (exact) mass is 312 g/mol. The van der Waals surface area contributed by atoms with Gasteiger partial charge in [-0.2, -0.15) is 13.2 Å². The summed E-state index contributed by atoms with van der Waals surface area (Å²) >= 11 is 0. The van der Waals surface area contributed by atoms with E-state index in [-0.39, 0.29) is 0 Å². The quantitative estimate of drug-likeness (QED) is 0.912. The molecule has 2 nitrogen and oxygen atoms in total. The van der Waals surface area contributed by atoms with Crippen molar-refractivity contribution in [3.8, 4) is 0 Å². The second-order valence-electron chi connectivity index (χ2n) is 6.43. The summed E-state index contributed by atoms with van der Waals surface area (Å²) in [7, 11) is 0. The molecule has 0 saturated carbocycles. The van der Waals surface area contributed by atoms with Gasteiger partial charge in [-0.1, -0.05) is 6.07 Å². The summed E-state index contributed by atoms with van der Waals surface area (Å²) in [5.74, 6) is 0.583.